The van der Waals surface area contributed by atoms with E-state index in [0.717, 1.165) is 27.9 Å². The summed E-state index contributed by atoms with van der Waals surface area (Å²) in [6, 6.07) is 4.04. The minimum absolute atomic E-state index is 0.0410. The van der Waals surface area contributed by atoms with Gasteiger partial charge in [0.15, 0.2) is 0 Å². The molecule has 0 aliphatic rings. The van der Waals surface area contributed by atoms with E-state index in [9.17, 15) is 0 Å². The van der Waals surface area contributed by atoms with Gasteiger partial charge < -0.3 is 10.1 Å². The first kappa shape index (κ1) is 12.6. The van der Waals surface area contributed by atoms with Crippen LogP contribution in [0.5, 0.6) is 0 Å². The number of nitrogens with two attached hydrogens (primary N) is 1. The van der Waals surface area contributed by atoms with Crippen molar-refractivity contribution in [2.24, 2.45) is 11.7 Å². The first-order chi connectivity index (χ1) is 7.99. The molecule has 0 radical (unpaired) electrons. The molecule has 0 bridgehead atoms. The van der Waals surface area contributed by atoms with Crippen LogP contribution in [0.3, 0.4) is 0 Å². The molecule has 0 aromatic carbocycles. The van der Waals surface area contributed by atoms with Crippen molar-refractivity contribution in [2.45, 2.75) is 33.2 Å². The summed E-state index contributed by atoms with van der Waals surface area (Å²) in [6.45, 7) is 6.40. The number of rotatable bonds is 3. The van der Waals surface area contributed by atoms with Crippen LogP contribution in [0, 0.1) is 12.8 Å². The SMILES string of the molecule is Cc1nc2ccc(Br)cn2c1C(N)CC(C)C. The predicted molar refractivity (Wildman–Crippen MR) is 74.0 cm³/mol. The summed E-state index contributed by atoms with van der Waals surface area (Å²) in [5, 5.41) is 0. The maximum Gasteiger partial charge on any atom is 0.137 e. The Hall–Kier alpha value is -0.870. The lowest BCUT2D eigenvalue weighted by Gasteiger charge is -2.15. The third-order valence-electron chi connectivity index (χ3n) is 2.88. The number of halogens is 1. The summed E-state index contributed by atoms with van der Waals surface area (Å²) in [5.41, 5.74) is 9.38. The predicted octanol–water partition coefficient (Wildman–Crippen LogP) is 3.45. The van der Waals surface area contributed by atoms with Crippen LogP contribution in [0.25, 0.3) is 5.65 Å². The highest BCUT2D eigenvalue weighted by Gasteiger charge is 2.17. The van der Waals surface area contributed by atoms with Gasteiger partial charge in [-0.25, -0.2) is 4.98 Å². The molecule has 0 aliphatic carbocycles. The molecule has 2 aromatic rings. The molecule has 0 saturated heterocycles. The van der Waals surface area contributed by atoms with Crippen molar-refractivity contribution >= 4 is 21.6 Å². The fourth-order valence-corrected chi connectivity index (χ4v) is 2.56. The van der Waals surface area contributed by atoms with Crippen LogP contribution >= 0.6 is 15.9 Å². The maximum absolute atomic E-state index is 6.28. The number of imidazole rings is 1. The average molecular weight is 296 g/mol. The summed E-state index contributed by atoms with van der Waals surface area (Å²) in [5.74, 6) is 0.585. The lowest BCUT2D eigenvalue weighted by molar-refractivity contribution is 0.498. The Morgan fingerprint density at radius 3 is 2.76 bits per heavy atom. The van der Waals surface area contributed by atoms with Crippen LogP contribution in [0.4, 0.5) is 0 Å². The molecule has 2 N–H and O–H groups in total. The van der Waals surface area contributed by atoms with Gasteiger partial charge in [0, 0.05) is 16.7 Å². The van der Waals surface area contributed by atoms with E-state index in [2.05, 4.69) is 39.2 Å². The molecule has 2 heterocycles. The first-order valence-electron chi connectivity index (χ1n) is 5.88. The molecule has 3 nitrogen and oxygen atoms in total. The summed E-state index contributed by atoms with van der Waals surface area (Å²) < 4.78 is 3.13. The van der Waals surface area contributed by atoms with Crippen LogP contribution in [-0.4, -0.2) is 9.38 Å². The number of hydrogen-bond donors (Lipinski definition) is 1. The van der Waals surface area contributed by atoms with Crippen molar-refractivity contribution in [3.8, 4) is 0 Å². The highest BCUT2D eigenvalue weighted by Crippen LogP contribution is 2.24. The molecule has 0 fully saturated rings. The molecular weight excluding hydrogens is 278 g/mol. The molecule has 17 heavy (non-hydrogen) atoms. The van der Waals surface area contributed by atoms with Crippen LogP contribution in [0.1, 0.15) is 37.7 Å². The normalized spacial score (nSPS) is 13.5. The zero-order valence-corrected chi connectivity index (χ0v) is 12.0. The summed E-state index contributed by atoms with van der Waals surface area (Å²) >= 11 is 3.49. The van der Waals surface area contributed by atoms with Crippen molar-refractivity contribution in [1.82, 2.24) is 9.38 Å². The third-order valence-corrected chi connectivity index (χ3v) is 3.35. The molecule has 92 valence electrons. The van der Waals surface area contributed by atoms with Gasteiger partial charge in [-0.2, -0.15) is 0 Å². The third kappa shape index (κ3) is 2.53. The van der Waals surface area contributed by atoms with Crippen molar-refractivity contribution in [1.29, 1.82) is 0 Å². The summed E-state index contributed by atoms with van der Waals surface area (Å²) in [7, 11) is 0. The van der Waals surface area contributed by atoms with E-state index >= 15 is 0 Å². The second-order valence-electron chi connectivity index (χ2n) is 4.89. The van der Waals surface area contributed by atoms with Crippen molar-refractivity contribution in [3.63, 3.8) is 0 Å². The molecule has 0 spiro atoms. The van der Waals surface area contributed by atoms with Crippen LogP contribution in [-0.2, 0) is 0 Å². The Kier molecular flexibility index (Phi) is 3.54. The number of fused-ring (bicyclic) bond motifs is 1. The molecule has 2 rings (SSSR count). The molecule has 0 saturated carbocycles. The monoisotopic (exact) mass is 295 g/mol. The molecule has 1 atom stereocenters. The number of hydrogen-bond acceptors (Lipinski definition) is 2. The second-order valence-corrected chi connectivity index (χ2v) is 5.81. The molecule has 0 amide bonds. The zero-order valence-electron chi connectivity index (χ0n) is 10.4. The topological polar surface area (TPSA) is 43.3 Å². The van der Waals surface area contributed by atoms with Crippen molar-refractivity contribution < 1.29 is 0 Å². The minimum atomic E-state index is 0.0410. The largest absolute Gasteiger partial charge is 0.323 e. The van der Waals surface area contributed by atoms with E-state index in [4.69, 9.17) is 5.73 Å². The Labute approximate surface area is 110 Å². The Bertz CT molecular complexity index is 531. The Morgan fingerprint density at radius 2 is 2.12 bits per heavy atom. The van der Waals surface area contributed by atoms with Crippen LogP contribution in [0.2, 0.25) is 0 Å². The van der Waals surface area contributed by atoms with Gasteiger partial charge in [0.25, 0.3) is 0 Å². The van der Waals surface area contributed by atoms with E-state index in [-0.39, 0.29) is 6.04 Å². The van der Waals surface area contributed by atoms with E-state index < -0.39 is 0 Å². The van der Waals surface area contributed by atoms with Crippen molar-refractivity contribution in [3.05, 3.63) is 34.2 Å². The van der Waals surface area contributed by atoms with Crippen LogP contribution in [0.15, 0.2) is 22.8 Å². The fourth-order valence-electron chi connectivity index (χ4n) is 2.22. The van der Waals surface area contributed by atoms with E-state index in [1.54, 1.807) is 0 Å². The van der Waals surface area contributed by atoms with E-state index in [1.165, 1.54) is 0 Å². The summed E-state index contributed by atoms with van der Waals surface area (Å²) in [4.78, 5) is 4.54. The van der Waals surface area contributed by atoms with E-state index in [1.807, 2.05) is 25.3 Å². The lowest BCUT2D eigenvalue weighted by atomic mass is 10.0. The van der Waals surface area contributed by atoms with Gasteiger partial charge in [-0.3, -0.25) is 0 Å². The Morgan fingerprint density at radius 1 is 1.41 bits per heavy atom. The van der Waals surface area contributed by atoms with Gasteiger partial charge >= 0.3 is 0 Å². The number of nitrogens with zero attached hydrogens (tertiary/aromatic N) is 2. The van der Waals surface area contributed by atoms with Gasteiger partial charge in [-0.1, -0.05) is 13.8 Å². The number of aryl methyl sites for hydroxylation is 1. The highest BCUT2D eigenvalue weighted by atomic mass is 79.9. The van der Waals surface area contributed by atoms with Gasteiger partial charge in [-0.05, 0) is 47.3 Å². The lowest BCUT2D eigenvalue weighted by Crippen LogP contribution is -2.16. The van der Waals surface area contributed by atoms with Crippen LogP contribution < -0.4 is 5.73 Å². The molecule has 1 unspecified atom stereocenters. The zero-order chi connectivity index (χ0) is 12.6. The smallest absolute Gasteiger partial charge is 0.137 e. The quantitative estimate of drug-likeness (QED) is 0.942. The van der Waals surface area contributed by atoms with Gasteiger partial charge in [0.05, 0.1) is 11.4 Å². The standard InChI is InChI=1S/C13H18BrN3/c1-8(2)6-11(15)13-9(3)16-12-5-4-10(14)7-17(12)13/h4-5,7-8,11H,6,15H2,1-3H3. The summed E-state index contributed by atoms with van der Waals surface area (Å²) in [6.07, 6.45) is 3.01. The molecule has 0 aliphatic heterocycles. The second kappa shape index (κ2) is 4.78. The first-order valence-corrected chi connectivity index (χ1v) is 6.68. The molecular formula is C13H18BrN3. The fraction of sp³-hybridized carbons (Fsp3) is 0.462. The number of aromatic nitrogens is 2. The number of pyridine rings is 1. The maximum atomic E-state index is 6.28. The molecule has 4 heteroatoms. The van der Waals surface area contributed by atoms with E-state index in [0.29, 0.717) is 5.92 Å². The van der Waals surface area contributed by atoms with Gasteiger partial charge in [0.1, 0.15) is 5.65 Å². The molecule has 2 aromatic heterocycles. The highest BCUT2D eigenvalue weighted by molar-refractivity contribution is 9.10. The van der Waals surface area contributed by atoms with Crippen molar-refractivity contribution in [2.75, 3.05) is 0 Å². The van der Waals surface area contributed by atoms with Gasteiger partial charge in [-0.15, -0.1) is 0 Å². The minimum Gasteiger partial charge on any atom is -0.323 e. The Balaban J connectivity index is 2.51. The van der Waals surface area contributed by atoms with Gasteiger partial charge in [0.2, 0.25) is 0 Å². The average Bonchev–Trinajstić information content (AvgIpc) is 2.52.